The third-order valence-electron chi connectivity index (χ3n) is 3.06. The van der Waals surface area contributed by atoms with Gasteiger partial charge in [-0.3, -0.25) is 0 Å². The molecule has 0 spiro atoms. The van der Waals surface area contributed by atoms with Crippen LogP contribution in [0.25, 0.3) is 11.1 Å². The van der Waals surface area contributed by atoms with Gasteiger partial charge in [-0.2, -0.15) is 0 Å². The largest absolute Gasteiger partial charge is 0.478 e. The third kappa shape index (κ3) is 2.02. The molecule has 4 nitrogen and oxygen atoms in total. The summed E-state index contributed by atoms with van der Waals surface area (Å²) >= 11 is 0. The average Bonchev–Trinajstić information content (AvgIpc) is 2.70. The van der Waals surface area contributed by atoms with Crippen molar-refractivity contribution in [3.63, 3.8) is 0 Å². The van der Waals surface area contributed by atoms with Gasteiger partial charge in [0, 0.05) is 5.92 Å². The number of carbonyl (C=O) groups is 1. The molecular weight excluding hydrogens is 218 g/mol. The van der Waals surface area contributed by atoms with Crippen LogP contribution in [0.2, 0.25) is 0 Å². The molecule has 0 saturated carbocycles. The molecule has 0 radical (unpaired) electrons. The SMILES string of the molecule is CC(C)C(C)c1nc2c(C(=O)O)cccc2o1. The maximum atomic E-state index is 11.0. The minimum absolute atomic E-state index is 0.170. The van der Waals surface area contributed by atoms with E-state index in [4.69, 9.17) is 9.52 Å². The summed E-state index contributed by atoms with van der Waals surface area (Å²) in [6.45, 7) is 6.19. The van der Waals surface area contributed by atoms with Crippen molar-refractivity contribution in [2.24, 2.45) is 5.92 Å². The Bertz CT molecular complexity index is 557. The van der Waals surface area contributed by atoms with Crippen molar-refractivity contribution in [2.75, 3.05) is 0 Å². The molecule has 0 aliphatic carbocycles. The Hall–Kier alpha value is -1.84. The van der Waals surface area contributed by atoms with Crippen LogP contribution in [0, 0.1) is 5.92 Å². The van der Waals surface area contributed by atoms with E-state index in [1.54, 1.807) is 12.1 Å². The van der Waals surface area contributed by atoms with E-state index in [2.05, 4.69) is 18.8 Å². The van der Waals surface area contributed by atoms with Crippen molar-refractivity contribution < 1.29 is 14.3 Å². The van der Waals surface area contributed by atoms with Crippen LogP contribution >= 0.6 is 0 Å². The number of carboxylic acids is 1. The van der Waals surface area contributed by atoms with Gasteiger partial charge in [-0.05, 0) is 18.1 Å². The Morgan fingerprint density at radius 2 is 2.06 bits per heavy atom. The van der Waals surface area contributed by atoms with E-state index in [0.717, 1.165) is 0 Å². The van der Waals surface area contributed by atoms with Crippen molar-refractivity contribution in [3.05, 3.63) is 29.7 Å². The minimum Gasteiger partial charge on any atom is -0.478 e. The van der Waals surface area contributed by atoms with Crippen LogP contribution in [0.5, 0.6) is 0 Å². The Morgan fingerprint density at radius 1 is 1.35 bits per heavy atom. The average molecular weight is 233 g/mol. The summed E-state index contributed by atoms with van der Waals surface area (Å²) in [5.74, 6) is 0.191. The maximum Gasteiger partial charge on any atom is 0.338 e. The van der Waals surface area contributed by atoms with E-state index < -0.39 is 5.97 Å². The predicted molar refractivity (Wildman–Crippen MR) is 64.2 cm³/mol. The number of hydrogen-bond donors (Lipinski definition) is 1. The molecule has 0 aliphatic heterocycles. The third-order valence-corrected chi connectivity index (χ3v) is 3.06. The summed E-state index contributed by atoms with van der Waals surface area (Å²) < 4.78 is 5.61. The quantitative estimate of drug-likeness (QED) is 0.883. The molecule has 1 aromatic heterocycles. The van der Waals surface area contributed by atoms with E-state index in [1.807, 2.05) is 6.92 Å². The number of benzene rings is 1. The summed E-state index contributed by atoms with van der Waals surface area (Å²) in [4.78, 5) is 15.4. The van der Waals surface area contributed by atoms with Crippen LogP contribution in [-0.2, 0) is 0 Å². The van der Waals surface area contributed by atoms with Crippen LogP contribution in [-0.4, -0.2) is 16.1 Å². The molecule has 1 heterocycles. The highest BCUT2D eigenvalue weighted by atomic mass is 16.4. The van der Waals surface area contributed by atoms with Crippen molar-refractivity contribution in [1.82, 2.24) is 4.98 Å². The van der Waals surface area contributed by atoms with Crippen molar-refractivity contribution in [2.45, 2.75) is 26.7 Å². The molecule has 0 saturated heterocycles. The van der Waals surface area contributed by atoms with Crippen molar-refractivity contribution in [1.29, 1.82) is 0 Å². The number of para-hydroxylation sites is 1. The predicted octanol–water partition coefficient (Wildman–Crippen LogP) is 3.29. The van der Waals surface area contributed by atoms with Crippen LogP contribution in [0.15, 0.2) is 22.6 Å². The van der Waals surface area contributed by atoms with Crippen LogP contribution in [0.1, 0.15) is 42.9 Å². The molecule has 4 heteroatoms. The van der Waals surface area contributed by atoms with Gasteiger partial charge in [-0.15, -0.1) is 0 Å². The monoisotopic (exact) mass is 233 g/mol. The highest BCUT2D eigenvalue weighted by Crippen LogP contribution is 2.27. The normalized spacial score (nSPS) is 13.2. The number of hydrogen-bond acceptors (Lipinski definition) is 3. The molecule has 0 amide bonds. The standard InChI is InChI=1S/C13H15NO3/c1-7(2)8(3)12-14-11-9(13(15)16)5-4-6-10(11)17-12/h4-8H,1-3H3,(H,15,16). The second kappa shape index (κ2) is 4.20. The Morgan fingerprint density at radius 3 is 2.65 bits per heavy atom. The van der Waals surface area contributed by atoms with Gasteiger partial charge < -0.3 is 9.52 Å². The first-order valence-electron chi connectivity index (χ1n) is 5.63. The van der Waals surface area contributed by atoms with Gasteiger partial charge in [0.05, 0.1) is 5.56 Å². The van der Waals surface area contributed by atoms with Crippen LogP contribution in [0.4, 0.5) is 0 Å². The molecule has 2 rings (SSSR count). The molecule has 1 unspecified atom stereocenters. The second-order valence-corrected chi connectivity index (χ2v) is 4.54. The van der Waals surface area contributed by atoms with E-state index in [-0.39, 0.29) is 11.5 Å². The molecule has 1 atom stereocenters. The molecule has 0 aliphatic rings. The minimum atomic E-state index is -0.979. The van der Waals surface area contributed by atoms with Gasteiger partial charge in [0.25, 0.3) is 0 Å². The molecule has 90 valence electrons. The molecule has 2 aromatic rings. The number of rotatable bonds is 3. The fourth-order valence-corrected chi connectivity index (χ4v) is 1.62. The highest BCUT2D eigenvalue weighted by Gasteiger charge is 2.19. The fourth-order valence-electron chi connectivity index (χ4n) is 1.62. The van der Waals surface area contributed by atoms with Gasteiger partial charge in [0.1, 0.15) is 5.52 Å². The number of carboxylic acid groups (broad SMARTS) is 1. The van der Waals surface area contributed by atoms with E-state index in [9.17, 15) is 4.79 Å². The summed E-state index contributed by atoms with van der Waals surface area (Å²) in [7, 11) is 0. The summed E-state index contributed by atoms with van der Waals surface area (Å²) in [5, 5.41) is 9.06. The smallest absolute Gasteiger partial charge is 0.338 e. The van der Waals surface area contributed by atoms with Gasteiger partial charge in [-0.25, -0.2) is 9.78 Å². The van der Waals surface area contributed by atoms with Crippen LogP contribution < -0.4 is 0 Å². The number of fused-ring (bicyclic) bond motifs is 1. The zero-order valence-electron chi connectivity index (χ0n) is 10.1. The van der Waals surface area contributed by atoms with Gasteiger partial charge in [-0.1, -0.05) is 26.8 Å². The van der Waals surface area contributed by atoms with E-state index in [1.165, 1.54) is 6.07 Å². The lowest BCUT2D eigenvalue weighted by molar-refractivity contribution is 0.0699. The molecule has 1 aromatic carbocycles. The number of aromatic carboxylic acids is 1. The number of nitrogens with zero attached hydrogens (tertiary/aromatic N) is 1. The molecule has 0 fully saturated rings. The number of oxazole rings is 1. The van der Waals surface area contributed by atoms with Gasteiger partial charge >= 0.3 is 5.97 Å². The summed E-state index contributed by atoms with van der Waals surface area (Å²) in [5.41, 5.74) is 1.16. The van der Waals surface area contributed by atoms with Crippen LogP contribution in [0.3, 0.4) is 0 Å². The zero-order valence-corrected chi connectivity index (χ0v) is 10.1. The molecule has 0 bridgehead atoms. The lowest BCUT2D eigenvalue weighted by Crippen LogP contribution is -2.02. The lowest BCUT2D eigenvalue weighted by atomic mass is 9.98. The molecule has 1 N–H and O–H groups in total. The lowest BCUT2D eigenvalue weighted by Gasteiger charge is -2.09. The van der Waals surface area contributed by atoms with E-state index in [0.29, 0.717) is 22.9 Å². The summed E-state index contributed by atoms with van der Waals surface area (Å²) in [6.07, 6.45) is 0. The maximum absolute atomic E-state index is 11.0. The Kier molecular flexibility index (Phi) is 2.88. The first kappa shape index (κ1) is 11.6. The molecule has 17 heavy (non-hydrogen) atoms. The second-order valence-electron chi connectivity index (χ2n) is 4.54. The highest BCUT2D eigenvalue weighted by molar-refractivity contribution is 6.00. The van der Waals surface area contributed by atoms with Gasteiger partial charge in [0.2, 0.25) is 0 Å². The zero-order chi connectivity index (χ0) is 12.6. The van der Waals surface area contributed by atoms with E-state index >= 15 is 0 Å². The van der Waals surface area contributed by atoms with Crippen molar-refractivity contribution >= 4 is 17.1 Å². The summed E-state index contributed by atoms with van der Waals surface area (Å²) in [6, 6.07) is 4.95. The molecular formula is C13H15NO3. The first-order chi connectivity index (χ1) is 8.00. The topological polar surface area (TPSA) is 63.3 Å². The Balaban J connectivity index is 2.57. The first-order valence-corrected chi connectivity index (χ1v) is 5.63. The number of aromatic nitrogens is 1. The van der Waals surface area contributed by atoms with Gasteiger partial charge in [0.15, 0.2) is 11.5 Å². The van der Waals surface area contributed by atoms with Crippen molar-refractivity contribution in [3.8, 4) is 0 Å². The Labute approximate surface area is 99.3 Å². The fraction of sp³-hybridized carbons (Fsp3) is 0.385.